The number of carbonyl (C=O) groups is 3. The standard InChI is InChI=1S/C27H30N6O3/c1-4-22(19-7-5-6-17(2)14-19)31-27(36)33-24(26(35)32(3)20-9-11-29-12-10-20)21(25(33)34)15-18-8-13-30-23(28)16-18/h5-14,16,21-22,24H,4,15H2,1-3H3,(H2,28,30)(H,31,36)/t21-,22-,24+/m1/s1. The lowest BCUT2D eigenvalue weighted by Gasteiger charge is -2.46. The Morgan fingerprint density at radius 2 is 1.89 bits per heavy atom. The van der Waals surface area contributed by atoms with Gasteiger partial charge in [0.25, 0.3) is 5.91 Å². The highest BCUT2D eigenvalue weighted by molar-refractivity contribution is 6.12. The van der Waals surface area contributed by atoms with Gasteiger partial charge in [-0.3, -0.25) is 19.5 Å². The van der Waals surface area contributed by atoms with Crippen molar-refractivity contribution in [1.82, 2.24) is 20.2 Å². The van der Waals surface area contributed by atoms with E-state index in [0.717, 1.165) is 21.6 Å². The average molecular weight is 487 g/mol. The molecule has 1 aliphatic heterocycles. The fraction of sp³-hybridized carbons (Fsp3) is 0.296. The molecule has 9 nitrogen and oxygen atoms in total. The SMILES string of the molecule is CC[C@@H](NC(=O)N1C(=O)[C@H](Cc2ccnc(N)c2)[C@H]1C(=O)N(C)c1ccncc1)c1cccc(C)c1. The molecule has 0 radical (unpaired) electrons. The molecule has 3 atom stereocenters. The van der Waals surface area contributed by atoms with Gasteiger partial charge in [0.1, 0.15) is 11.9 Å². The number of pyridine rings is 2. The normalized spacial score (nSPS) is 17.8. The van der Waals surface area contributed by atoms with Crippen molar-refractivity contribution in [2.24, 2.45) is 5.92 Å². The van der Waals surface area contributed by atoms with E-state index in [4.69, 9.17) is 5.73 Å². The number of nitrogens with zero attached hydrogens (tertiary/aromatic N) is 4. The van der Waals surface area contributed by atoms with Crippen LogP contribution in [0.5, 0.6) is 0 Å². The second-order valence-corrected chi connectivity index (χ2v) is 8.98. The number of nitrogens with two attached hydrogens (primary N) is 1. The molecule has 3 heterocycles. The van der Waals surface area contributed by atoms with E-state index in [9.17, 15) is 14.4 Å². The third kappa shape index (κ3) is 5.05. The lowest BCUT2D eigenvalue weighted by atomic mass is 9.81. The van der Waals surface area contributed by atoms with Gasteiger partial charge >= 0.3 is 6.03 Å². The van der Waals surface area contributed by atoms with E-state index in [1.165, 1.54) is 4.90 Å². The number of anilines is 2. The van der Waals surface area contributed by atoms with Gasteiger partial charge in [0.2, 0.25) is 5.91 Å². The zero-order valence-corrected chi connectivity index (χ0v) is 20.6. The van der Waals surface area contributed by atoms with Crippen LogP contribution in [0.25, 0.3) is 0 Å². The summed E-state index contributed by atoms with van der Waals surface area (Å²) in [7, 11) is 1.62. The van der Waals surface area contributed by atoms with Crippen molar-refractivity contribution in [3.63, 3.8) is 0 Å². The first-order chi connectivity index (χ1) is 17.3. The molecule has 36 heavy (non-hydrogen) atoms. The van der Waals surface area contributed by atoms with Crippen molar-refractivity contribution < 1.29 is 14.4 Å². The molecular weight excluding hydrogens is 456 g/mol. The second-order valence-electron chi connectivity index (χ2n) is 8.98. The molecule has 1 saturated heterocycles. The Kier molecular flexibility index (Phi) is 7.28. The number of benzene rings is 1. The van der Waals surface area contributed by atoms with E-state index in [1.807, 2.05) is 38.1 Å². The number of aromatic nitrogens is 2. The summed E-state index contributed by atoms with van der Waals surface area (Å²) in [4.78, 5) is 50.7. The van der Waals surface area contributed by atoms with Crippen LogP contribution in [-0.2, 0) is 16.0 Å². The number of hydrogen-bond donors (Lipinski definition) is 2. The van der Waals surface area contributed by atoms with E-state index in [2.05, 4.69) is 15.3 Å². The van der Waals surface area contributed by atoms with Crippen LogP contribution < -0.4 is 16.0 Å². The monoisotopic (exact) mass is 486 g/mol. The smallest absolute Gasteiger partial charge is 0.325 e. The summed E-state index contributed by atoms with van der Waals surface area (Å²) in [5.41, 5.74) is 9.22. The van der Waals surface area contributed by atoms with Gasteiger partial charge in [-0.25, -0.2) is 9.78 Å². The van der Waals surface area contributed by atoms with Gasteiger partial charge in [-0.05, 0) is 55.2 Å². The maximum atomic E-state index is 13.6. The number of amides is 4. The van der Waals surface area contributed by atoms with Gasteiger partial charge in [-0.1, -0.05) is 36.8 Å². The summed E-state index contributed by atoms with van der Waals surface area (Å²) in [5, 5.41) is 2.96. The first-order valence-corrected chi connectivity index (χ1v) is 11.9. The van der Waals surface area contributed by atoms with E-state index in [-0.39, 0.29) is 18.4 Å². The Morgan fingerprint density at radius 3 is 2.56 bits per heavy atom. The maximum absolute atomic E-state index is 13.6. The Morgan fingerprint density at radius 1 is 1.14 bits per heavy atom. The van der Waals surface area contributed by atoms with Gasteiger partial charge in [-0.15, -0.1) is 0 Å². The van der Waals surface area contributed by atoms with Gasteiger partial charge in [0, 0.05) is 31.3 Å². The minimum absolute atomic E-state index is 0.269. The van der Waals surface area contributed by atoms with Gasteiger partial charge < -0.3 is 16.0 Å². The third-order valence-electron chi connectivity index (χ3n) is 6.52. The minimum atomic E-state index is -0.958. The molecule has 3 N–H and O–H groups in total. The molecule has 186 valence electrons. The van der Waals surface area contributed by atoms with Gasteiger partial charge in [-0.2, -0.15) is 0 Å². The van der Waals surface area contributed by atoms with E-state index >= 15 is 0 Å². The van der Waals surface area contributed by atoms with Crippen molar-refractivity contribution in [2.45, 2.75) is 38.8 Å². The molecular formula is C27H30N6O3. The summed E-state index contributed by atoms with van der Waals surface area (Å²) < 4.78 is 0. The topological polar surface area (TPSA) is 122 Å². The maximum Gasteiger partial charge on any atom is 0.325 e. The van der Waals surface area contributed by atoms with Crippen LogP contribution in [0.15, 0.2) is 67.1 Å². The number of urea groups is 1. The number of β-lactam (4-membered cyclic amide) rings is 1. The number of aryl methyl sites for hydroxylation is 1. The number of rotatable bonds is 7. The molecule has 1 aromatic carbocycles. The number of carbonyl (C=O) groups excluding carboxylic acids is 3. The fourth-order valence-electron chi connectivity index (χ4n) is 4.55. The Balaban J connectivity index is 1.60. The molecule has 9 heteroatoms. The van der Waals surface area contributed by atoms with Crippen LogP contribution in [0.2, 0.25) is 0 Å². The zero-order chi connectivity index (χ0) is 25.8. The minimum Gasteiger partial charge on any atom is -0.384 e. The largest absolute Gasteiger partial charge is 0.384 e. The van der Waals surface area contributed by atoms with Crippen LogP contribution in [0.3, 0.4) is 0 Å². The summed E-state index contributed by atoms with van der Waals surface area (Å²) in [6, 6.07) is 12.9. The van der Waals surface area contributed by atoms with Crippen molar-refractivity contribution in [3.8, 4) is 0 Å². The van der Waals surface area contributed by atoms with Crippen LogP contribution in [-0.4, -0.2) is 45.8 Å². The van der Waals surface area contributed by atoms with Gasteiger partial charge in [0.15, 0.2) is 0 Å². The highest BCUT2D eigenvalue weighted by Crippen LogP contribution is 2.33. The molecule has 1 fully saturated rings. The number of likely N-dealkylation sites (N-methyl/N-ethyl adjacent to an activating group) is 1. The summed E-state index contributed by atoms with van der Waals surface area (Å²) >= 11 is 0. The Labute approximate surface area is 210 Å². The molecule has 4 rings (SSSR count). The molecule has 0 aliphatic carbocycles. The average Bonchev–Trinajstić information content (AvgIpc) is 2.88. The highest BCUT2D eigenvalue weighted by atomic mass is 16.2. The molecule has 0 saturated carbocycles. The summed E-state index contributed by atoms with van der Waals surface area (Å²) in [5.74, 6) is -1.13. The Hall–Kier alpha value is -4.27. The predicted molar refractivity (Wildman–Crippen MR) is 137 cm³/mol. The molecule has 2 aromatic heterocycles. The number of nitrogen functional groups attached to an aromatic ring is 1. The highest BCUT2D eigenvalue weighted by Gasteiger charge is 2.55. The zero-order valence-electron chi connectivity index (χ0n) is 20.6. The molecule has 3 aromatic rings. The summed E-state index contributed by atoms with van der Waals surface area (Å²) in [6.45, 7) is 3.94. The fourth-order valence-corrected chi connectivity index (χ4v) is 4.55. The molecule has 1 aliphatic rings. The quantitative estimate of drug-likeness (QED) is 0.495. The second kappa shape index (κ2) is 10.6. The van der Waals surface area contributed by atoms with Crippen LogP contribution in [0.4, 0.5) is 16.3 Å². The van der Waals surface area contributed by atoms with Crippen molar-refractivity contribution in [1.29, 1.82) is 0 Å². The lowest BCUT2D eigenvalue weighted by molar-refractivity contribution is -0.156. The lowest BCUT2D eigenvalue weighted by Crippen LogP contribution is -2.70. The van der Waals surface area contributed by atoms with Crippen molar-refractivity contribution in [3.05, 3.63) is 83.8 Å². The number of hydrogen-bond acceptors (Lipinski definition) is 6. The molecule has 0 bridgehead atoms. The van der Waals surface area contributed by atoms with Crippen LogP contribution in [0, 0.1) is 12.8 Å². The van der Waals surface area contributed by atoms with Gasteiger partial charge in [0.05, 0.1) is 12.0 Å². The van der Waals surface area contributed by atoms with Crippen molar-refractivity contribution >= 4 is 29.4 Å². The van der Waals surface area contributed by atoms with E-state index < -0.39 is 23.9 Å². The summed E-state index contributed by atoms with van der Waals surface area (Å²) in [6.07, 6.45) is 5.63. The van der Waals surface area contributed by atoms with Crippen molar-refractivity contribution in [2.75, 3.05) is 17.7 Å². The first kappa shape index (κ1) is 24.8. The molecule has 4 amide bonds. The Bertz CT molecular complexity index is 1270. The van der Waals surface area contributed by atoms with E-state index in [1.54, 1.807) is 49.9 Å². The number of imide groups is 1. The van der Waals surface area contributed by atoms with Crippen LogP contribution >= 0.6 is 0 Å². The molecule has 0 unspecified atom stereocenters. The van der Waals surface area contributed by atoms with E-state index in [0.29, 0.717) is 17.9 Å². The predicted octanol–water partition coefficient (Wildman–Crippen LogP) is 3.26. The first-order valence-electron chi connectivity index (χ1n) is 11.9. The third-order valence-corrected chi connectivity index (χ3v) is 6.52. The van der Waals surface area contributed by atoms with Crippen LogP contribution in [0.1, 0.15) is 36.1 Å². The number of likely N-dealkylation sites (tertiary alicyclic amines) is 1. The molecule has 0 spiro atoms. The number of nitrogens with one attached hydrogen (secondary N) is 1.